The fourth-order valence-electron chi connectivity index (χ4n) is 1.24. The Kier molecular flexibility index (Phi) is 4.69. The van der Waals surface area contributed by atoms with E-state index >= 15 is 0 Å². The lowest BCUT2D eigenvalue weighted by Gasteiger charge is -2.23. The van der Waals surface area contributed by atoms with E-state index in [-0.39, 0.29) is 11.4 Å². The van der Waals surface area contributed by atoms with E-state index in [2.05, 4.69) is 10.1 Å². The molecule has 0 unspecified atom stereocenters. The lowest BCUT2D eigenvalue weighted by atomic mass is 10.1. The van der Waals surface area contributed by atoms with E-state index in [1.54, 1.807) is 32.0 Å². The second-order valence-electron chi connectivity index (χ2n) is 4.43. The maximum Gasteiger partial charge on any atom is 0.242 e. The minimum atomic E-state index is -3.62. The van der Waals surface area contributed by atoms with E-state index in [4.69, 9.17) is 10.6 Å². The van der Waals surface area contributed by atoms with E-state index in [1.807, 2.05) is 0 Å². The zero-order valence-corrected chi connectivity index (χ0v) is 11.5. The highest BCUT2D eigenvalue weighted by Crippen LogP contribution is 2.19. The summed E-state index contributed by atoms with van der Waals surface area (Å²) < 4.78 is 31.9. The van der Waals surface area contributed by atoms with Crippen molar-refractivity contribution in [1.29, 1.82) is 0 Å². The molecule has 6 nitrogen and oxygen atoms in total. The molecule has 1 aromatic carbocycles. The Bertz CT molecular complexity index is 500. The Morgan fingerprint density at radius 2 is 1.94 bits per heavy atom. The first-order valence-electron chi connectivity index (χ1n) is 5.43. The molecule has 1 rings (SSSR count). The van der Waals surface area contributed by atoms with Crippen molar-refractivity contribution in [3.05, 3.63) is 24.3 Å². The lowest BCUT2D eigenvalue weighted by Crippen LogP contribution is -2.39. The van der Waals surface area contributed by atoms with E-state index in [9.17, 15) is 8.42 Å². The third kappa shape index (κ3) is 3.67. The molecule has 18 heavy (non-hydrogen) atoms. The summed E-state index contributed by atoms with van der Waals surface area (Å²) in [6.07, 6.45) is 0. The van der Waals surface area contributed by atoms with Gasteiger partial charge in [0.25, 0.3) is 0 Å². The summed E-state index contributed by atoms with van der Waals surface area (Å²) in [6, 6.07) is 6.41. The van der Waals surface area contributed by atoms with Crippen molar-refractivity contribution < 1.29 is 13.2 Å². The molecule has 0 aromatic heterocycles. The van der Waals surface area contributed by atoms with E-state index in [0.717, 1.165) is 0 Å². The van der Waals surface area contributed by atoms with Crippen molar-refractivity contribution in [2.45, 2.75) is 24.3 Å². The third-order valence-electron chi connectivity index (χ3n) is 2.57. The van der Waals surface area contributed by atoms with Gasteiger partial charge in [-0.25, -0.2) is 13.1 Å². The molecule has 7 heteroatoms. The van der Waals surface area contributed by atoms with Gasteiger partial charge in [0, 0.05) is 13.7 Å². The smallest absolute Gasteiger partial charge is 0.242 e. The standard InChI is InChI=1S/C11H19N3O3S/c1-11(2,17-3)8-13-18(15,16)10-7-5-4-6-9(10)14-12/h4-7,13-14H,8,12H2,1-3H3. The van der Waals surface area contributed by atoms with Gasteiger partial charge in [0.2, 0.25) is 10.0 Å². The van der Waals surface area contributed by atoms with Gasteiger partial charge >= 0.3 is 0 Å². The van der Waals surface area contributed by atoms with Gasteiger partial charge in [0.05, 0.1) is 11.3 Å². The van der Waals surface area contributed by atoms with Gasteiger partial charge in [-0.1, -0.05) is 12.1 Å². The summed E-state index contributed by atoms with van der Waals surface area (Å²) in [6.45, 7) is 3.76. The van der Waals surface area contributed by atoms with Crippen LogP contribution in [0.1, 0.15) is 13.8 Å². The second kappa shape index (κ2) is 5.66. The first-order valence-corrected chi connectivity index (χ1v) is 6.91. The van der Waals surface area contributed by atoms with Crippen molar-refractivity contribution in [2.24, 2.45) is 5.84 Å². The third-order valence-corrected chi connectivity index (χ3v) is 4.03. The quantitative estimate of drug-likeness (QED) is 0.523. The minimum Gasteiger partial charge on any atom is -0.377 e. The van der Waals surface area contributed by atoms with Crippen LogP contribution < -0.4 is 16.0 Å². The van der Waals surface area contributed by atoms with Crippen LogP contribution in [0, 0.1) is 0 Å². The summed E-state index contributed by atoms with van der Waals surface area (Å²) >= 11 is 0. The normalized spacial score (nSPS) is 12.4. The average molecular weight is 273 g/mol. The number of methoxy groups -OCH3 is 1. The highest BCUT2D eigenvalue weighted by atomic mass is 32.2. The molecule has 0 aliphatic rings. The van der Waals surface area contributed by atoms with Crippen LogP contribution in [0.25, 0.3) is 0 Å². The Balaban J connectivity index is 2.94. The van der Waals surface area contributed by atoms with Crippen LogP contribution in [0.4, 0.5) is 5.69 Å². The fraction of sp³-hybridized carbons (Fsp3) is 0.455. The molecule has 0 amide bonds. The van der Waals surface area contributed by atoms with Crippen molar-refractivity contribution in [3.63, 3.8) is 0 Å². The molecule has 102 valence electrons. The number of para-hydroxylation sites is 1. The van der Waals surface area contributed by atoms with Crippen LogP contribution in [-0.4, -0.2) is 27.7 Å². The van der Waals surface area contributed by atoms with Gasteiger partial charge in [0.15, 0.2) is 0 Å². The Labute approximate surface area is 108 Å². The predicted octanol–water partition coefficient (Wildman–Crippen LogP) is 0.675. The number of anilines is 1. The minimum absolute atomic E-state index is 0.111. The monoisotopic (exact) mass is 273 g/mol. The summed E-state index contributed by atoms with van der Waals surface area (Å²) in [5, 5.41) is 0. The van der Waals surface area contributed by atoms with E-state index in [1.165, 1.54) is 13.2 Å². The molecule has 0 heterocycles. The Hall–Kier alpha value is -1.15. The molecule has 0 radical (unpaired) electrons. The fourth-order valence-corrected chi connectivity index (χ4v) is 2.61. The number of hydrogen-bond donors (Lipinski definition) is 3. The first-order chi connectivity index (χ1) is 8.32. The molecule has 4 N–H and O–H groups in total. The van der Waals surface area contributed by atoms with Gasteiger partial charge in [-0.05, 0) is 26.0 Å². The van der Waals surface area contributed by atoms with Gasteiger partial charge in [0.1, 0.15) is 4.90 Å². The highest BCUT2D eigenvalue weighted by molar-refractivity contribution is 7.89. The molecule has 1 aromatic rings. The molecule has 0 fully saturated rings. The largest absolute Gasteiger partial charge is 0.377 e. The molecule has 0 saturated heterocycles. The van der Waals surface area contributed by atoms with Crippen molar-refractivity contribution in [1.82, 2.24) is 4.72 Å². The van der Waals surface area contributed by atoms with Crippen molar-refractivity contribution in [2.75, 3.05) is 19.1 Å². The molecule has 0 saturated carbocycles. The van der Waals surface area contributed by atoms with Crippen molar-refractivity contribution >= 4 is 15.7 Å². The number of nitrogens with two attached hydrogens (primary N) is 1. The molecule has 0 aliphatic heterocycles. The number of nitrogen functional groups attached to an aromatic ring is 1. The zero-order chi connectivity index (χ0) is 13.8. The number of hydrazine groups is 1. The summed E-state index contributed by atoms with van der Waals surface area (Å²) in [5.74, 6) is 5.29. The number of rotatable bonds is 6. The lowest BCUT2D eigenvalue weighted by molar-refractivity contribution is 0.0276. The number of hydrogen-bond acceptors (Lipinski definition) is 5. The van der Waals surface area contributed by atoms with Crippen LogP contribution in [0.2, 0.25) is 0 Å². The Morgan fingerprint density at radius 1 is 1.33 bits per heavy atom. The number of ether oxygens (including phenoxy) is 1. The number of benzene rings is 1. The second-order valence-corrected chi connectivity index (χ2v) is 6.16. The molecule has 0 aliphatic carbocycles. The van der Waals surface area contributed by atoms with Crippen LogP contribution in [0.3, 0.4) is 0 Å². The SMILES string of the molecule is COC(C)(C)CNS(=O)(=O)c1ccccc1NN. The van der Waals surface area contributed by atoms with Gasteiger partial charge in [-0.3, -0.25) is 5.84 Å². The van der Waals surface area contributed by atoms with Crippen LogP contribution in [0.5, 0.6) is 0 Å². The zero-order valence-electron chi connectivity index (χ0n) is 10.7. The maximum absolute atomic E-state index is 12.1. The Morgan fingerprint density at radius 3 is 2.50 bits per heavy atom. The molecule has 0 spiro atoms. The highest BCUT2D eigenvalue weighted by Gasteiger charge is 2.23. The molecule has 0 atom stereocenters. The maximum atomic E-state index is 12.1. The average Bonchev–Trinajstić information content (AvgIpc) is 2.37. The van der Waals surface area contributed by atoms with Crippen molar-refractivity contribution in [3.8, 4) is 0 Å². The van der Waals surface area contributed by atoms with Gasteiger partial charge in [-0.15, -0.1) is 0 Å². The molecular formula is C11H19N3O3S. The van der Waals surface area contributed by atoms with Gasteiger partial charge < -0.3 is 10.2 Å². The number of nitrogens with one attached hydrogen (secondary N) is 2. The summed E-state index contributed by atoms with van der Waals surface area (Å²) in [7, 11) is -2.09. The van der Waals surface area contributed by atoms with Gasteiger partial charge in [-0.2, -0.15) is 0 Å². The summed E-state index contributed by atoms with van der Waals surface area (Å²) in [5.41, 5.74) is 2.14. The first kappa shape index (κ1) is 14.9. The van der Waals surface area contributed by atoms with Crippen LogP contribution >= 0.6 is 0 Å². The molecular weight excluding hydrogens is 254 g/mol. The topological polar surface area (TPSA) is 93.4 Å². The van der Waals surface area contributed by atoms with Crippen LogP contribution in [-0.2, 0) is 14.8 Å². The van der Waals surface area contributed by atoms with E-state index in [0.29, 0.717) is 5.69 Å². The van der Waals surface area contributed by atoms with Crippen LogP contribution in [0.15, 0.2) is 29.2 Å². The molecule has 0 bridgehead atoms. The predicted molar refractivity (Wildman–Crippen MR) is 70.5 cm³/mol. The van der Waals surface area contributed by atoms with E-state index < -0.39 is 15.6 Å². The number of sulfonamides is 1. The summed E-state index contributed by atoms with van der Waals surface area (Å²) in [4.78, 5) is 0.111.